The molecule has 0 saturated carbocycles. The monoisotopic (exact) mass is 460 g/mol. The fraction of sp³-hybridized carbons (Fsp3) is 0.227. The molecule has 6 nitrogen and oxygen atoms in total. The minimum absolute atomic E-state index is 0.0353. The van der Waals surface area contributed by atoms with Crippen molar-refractivity contribution in [2.75, 3.05) is 5.32 Å². The first-order chi connectivity index (χ1) is 15.2. The van der Waals surface area contributed by atoms with Crippen LogP contribution in [0.4, 0.5) is 19.0 Å². The van der Waals surface area contributed by atoms with E-state index in [0.29, 0.717) is 0 Å². The first-order valence-electron chi connectivity index (χ1n) is 9.68. The SMILES string of the molecule is CC(C)(c1cccs1)[C@H](CC(=O)O)Nc1nc(-c2c[nH]c3c(F)cc(F)cc23)ncc1F. The summed E-state index contributed by atoms with van der Waals surface area (Å²) >= 11 is 1.47. The first kappa shape index (κ1) is 21.8. The summed E-state index contributed by atoms with van der Waals surface area (Å²) in [4.78, 5) is 23.3. The van der Waals surface area contributed by atoms with Crippen molar-refractivity contribution in [1.29, 1.82) is 0 Å². The Morgan fingerprint density at radius 2 is 2.06 bits per heavy atom. The zero-order valence-corrected chi connectivity index (χ0v) is 17.9. The number of aromatic nitrogens is 3. The highest BCUT2D eigenvalue weighted by Gasteiger charge is 2.35. The van der Waals surface area contributed by atoms with Gasteiger partial charge in [0.15, 0.2) is 17.5 Å². The molecule has 32 heavy (non-hydrogen) atoms. The Morgan fingerprint density at radius 1 is 1.28 bits per heavy atom. The molecule has 3 heterocycles. The molecule has 0 aliphatic carbocycles. The average Bonchev–Trinajstić information content (AvgIpc) is 3.39. The normalized spacial score (nSPS) is 12.8. The quantitative estimate of drug-likeness (QED) is 0.347. The second-order valence-electron chi connectivity index (χ2n) is 7.90. The van der Waals surface area contributed by atoms with Gasteiger partial charge < -0.3 is 15.4 Å². The van der Waals surface area contributed by atoms with Crippen LogP contribution in [0.2, 0.25) is 0 Å². The standard InChI is InChI=1S/C22H19F3N4O2S/c1-22(2,17-4-3-5-32-17)16(8-18(30)31)28-21-15(25)10-27-20(29-21)13-9-26-19-12(13)6-11(23)7-14(19)24/h3-7,9-10,16,26H,8H2,1-2H3,(H,30,31)(H,27,28,29)/t16-/m0/s1. The van der Waals surface area contributed by atoms with E-state index in [2.05, 4.69) is 20.3 Å². The van der Waals surface area contributed by atoms with Crippen LogP contribution in [0.15, 0.2) is 42.0 Å². The Bertz CT molecular complexity index is 1290. The second-order valence-corrected chi connectivity index (χ2v) is 8.84. The van der Waals surface area contributed by atoms with Crippen LogP contribution in [0.3, 0.4) is 0 Å². The molecule has 4 rings (SSSR count). The predicted molar refractivity (Wildman–Crippen MR) is 116 cm³/mol. The van der Waals surface area contributed by atoms with Crippen LogP contribution in [0.5, 0.6) is 0 Å². The topological polar surface area (TPSA) is 90.9 Å². The van der Waals surface area contributed by atoms with E-state index in [1.165, 1.54) is 17.5 Å². The average molecular weight is 460 g/mol. The molecular weight excluding hydrogens is 441 g/mol. The number of thiophene rings is 1. The minimum Gasteiger partial charge on any atom is -0.481 e. The van der Waals surface area contributed by atoms with Crippen molar-refractivity contribution in [3.05, 3.63) is 64.4 Å². The van der Waals surface area contributed by atoms with E-state index < -0.39 is 34.9 Å². The van der Waals surface area contributed by atoms with Crippen molar-refractivity contribution in [3.63, 3.8) is 0 Å². The van der Waals surface area contributed by atoms with E-state index in [-0.39, 0.29) is 34.5 Å². The van der Waals surface area contributed by atoms with Crippen molar-refractivity contribution in [2.24, 2.45) is 0 Å². The third kappa shape index (κ3) is 4.05. The van der Waals surface area contributed by atoms with Gasteiger partial charge in [-0.15, -0.1) is 11.3 Å². The van der Waals surface area contributed by atoms with E-state index in [1.54, 1.807) is 0 Å². The molecule has 1 aromatic carbocycles. The van der Waals surface area contributed by atoms with Gasteiger partial charge in [0, 0.05) is 39.5 Å². The number of aromatic amines is 1. The second kappa shape index (κ2) is 8.27. The Labute approximate surface area is 185 Å². The molecule has 166 valence electrons. The van der Waals surface area contributed by atoms with Crippen LogP contribution < -0.4 is 5.32 Å². The van der Waals surface area contributed by atoms with Gasteiger partial charge in [0.05, 0.1) is 18.1 Å². The van der Waals surface area contributed by atoms with Crippen molar-refractivity contribution in [2.45, 2.75) is 31.7 Å². The summed E-state index contributed by atoms with van der Waals surface area (Å²) in [7, 11) is 0. The van der Waals surface area contributed by atoms with Gasteiger partial charge in [0.1, 0.15) is 11.6 Å². The molecule has 3 N–H and O–H groups in total. The smallest absolute Gasteiger partial charge is 0.305 e. The van der Waals surface area contributed by atoms with Crippen LogP contribution in [0, 0.1) is 17.5 Å². The number of anilines is 1. The molecule has 3 aromatic heterocycles. The summed E-state index contributed by atoms with van der Waals surface area (Å²) < 4.78 is 42.4. The number of benzene rings is 1. The summed E-state index contributed by atoms with van der Waals surface area (Å²) in [6.07, 6.45) is 2.07. The highest BCUT2D eigenvalue weighted by molar-refractivity contribution is 7.10. The molecule has 0 fully saturated rings. The number of nitrogens with zero attached hydrogens (tertiary/aromatic N) is 2. The fourth-order valence-electron chi connectivity index (χ4n) is 3.58. The lowest BCUT2D eigenvalue weighted by molar-refractivity contribution is -0.137. The zero-order chi connectivity index (χ0) is 23.0. The molecule has 0 radical (unpaired) electrons. The number of hydrogen-bond donors (Lipinski definition) is 3. The maximum atomic E-state index is 14.6. The number of H-pyrrole nitrogens is 1. The molecule has 0 aliphatic heterocycles. The number of halogens is 3. The third-order valence-electron chi connectivity index (χ3n) is 5.41. The third-order valence-corrected chi connectivity index (χ3v) is 6.62. The summed E-state index contributed by atoms with van der Waals surface area (Å²) in [5.74, 6) is -3.53. The Hall–Kier alpha value is -3.40. The van der Waals surface area contributed by atoms with Crippen molar-refractivity contribution in [1.82, 2.24) is 15.0 Å². The maximum Gasteiger partial charge on any atom is 0.305 e. The number of hydrogen-bond acceptors (Lipinski definition) is 5. The van der Waals surface area contributed by atoms with Crippen LogP contribution in [0.1, 0.15) is 25.1 Å². The van der Waals surface area contributed by atoms with Crippen LogP contribution >= 0.6 is 11.3 Å². The van der Waals surface area contributed by atoms with Crippen LogP contribution in [-0.2, 0) is 10.2 Å². The van der Waals surface area contributed by atoms with Gasteiger partial charge in [-0.3, -0.25) is 4.79 Å². The Balaban J connectivity index is 1.75. The number of carboxylic acid groups (broad SMARTS) is 1. The van der Waals surface area contributed by atoms with Crippen LogP contribution in [0.25, 0.3) is 22.3 Å². The van der Waals surface area contributed by atoms with Gasteiger partial charge in [-0.05, 0) is 17.5 Å². The highest BCUT2D eigenvalue weighted by atomic mass is 32.1. The van der Waals surface area contributed by atoms with E-state index in [4.69, 9.17) is 0 Å². The van der Waals surface area contributed by atoms with Crippen molar-refractivity contribution >= 4 is 34.0 Å². The molecule has 0 unspecified atom stereocenters. The molecular formula is C22H19F3N4O2S. The van der Waals surface area contributed by atoms with Gasteiger partial charge in [0.25, 0.3) is 0 Å². The van der Waals surface area contributed by atoms with Crippen LogP contribution in [-0.4, -0.2) is 32.1 Å². The molecule has 0 amide bonds. The zero-order valence-electron chi connectivity index (χ0n) is 17.1. The van der Waals surface area contributed by atoms with Gasteiger partial charge in [-0.2, -0.15) is 0 Å². The molecule has 0 aliphatic rings. The molecule has 0 bridgehead atoms. The number of nitrogens with one attached hydrogen (secondary N) is 2. The van der Waals surface area contributed by atoms with Gasteiger partial charge in [-0.1, -0.05) is 19.9 Å². The minimum atomic E-state index is -1.05. The van der Waals surface area contributed by atoms with E-state index in [1.807, 2.05) is 31.4 Å². The van der Waals surface area contributed by atoms with Crippen molar-refractivity contribution in [3.8, 4) is 11.4 Å². The molecule has 10 heteroatoms. The van der Waals surface area contributed by atoms with E-state index in [0.717, 1.165) is 23.2 Å². The summed E-state index contributed by atoms with van der Waals surface area (Å²) in [6, 6.07) is 4.94. The summed E-state index contributed by atoms with van der Waals surface area (Å²) in [6.45, 7) is 3.73. The summed E-state index contributed by atoms with van der Waals surface area (Å²) in [5, 5.41) is 14.4. The van der Waals surface area contributed by atoms with Gasteiger partial charge in [-0.25, -0.2) is 23.1 Å². The van der Waals surface area contributed by atoms with Gasteiger partial charge >= 0.3 is 5.97 Å². The van der Waals surface area contributed by atoms with E-state index >= 15 is 0 Å². The predicted octanol–water partition coefficient (Wildman–Crippen LogP) is 5.34. The number of carbonyl (C=O) groups is 1. The lowest BCUT2D eigenvalue weighted by Crippen LogP contribution is -2.41. The van der Waals surface area contributed by atoms with Crippen molar-refractivity contribution < 1.29 is 23.1 Å². The Kier molecular flexibility index (Phi) is 5.64. The number of rotatable bonds is 7. The molecule has 1 atom stereocenters. The Morgan fingerprint density at radius 3 is 2.75 bits per heavy atom. The lowest BCUT2D eigenvalue weighted by atomic mass is 9.81. The molecule has 0 spiro atoms. The first-order valence-corrected chi connectivity index (χ1v) is 10.6. The highest BCUT2D eigenvalue weighted by Crippen LogP contribution is 2.35. The van der Waals surface area contributed by atoms with Gasteiger partial charge in [0.2, 0.25) is 0 Å². The largest absolute Gasteiger partial charge is 0.481 e. The summed E-state index contributed by atoms with van der Waals surface area (Å²) in [5.41, 5.74) is -0.294. The number of carboxylic acids is 1. The molecule has 4 aromatic rings. The lowest BCUT2D eigenvalue weighted by Gasteiger charge is -2.34. The van der Waals surface area contributed by atoms with E-state index in [9.17, 15) is 23.1 Å². The number of fused-ring (bicyclic) bond motifs is 1. The fourth-order valence-corrected chi connectivity index (χ4v) is 4.49. The number of aliphatic carboxylic acids is 1. The maximum absolute atomic E-state index is 14.6. The molecule has 0 saturated heterocycles.